The van der Waals surface area contributed by atoms with Crippen LogP contribution in [-0.4, -0.2) is 23.9 Å². The second-order valence-corrected chi connectivity index (χ2v) is 6.96. The molecule has 2 heterocycles. The van der Waals surface area contributed by atoms with Gasteiger partial charge in [0.15, 0.2) is 0 Å². The first-order valence-electron chi connectivity index (χ1n) is 7.38. The standard InChI is InChI=1S/C15H22N2OS/c1-10-6-5-7-11-12(10)13(14(16)19-11)15(18)17-8-3-2-4-9-17/h10H,2-9,16H2,1H3. The van der Waals surface area contributed by atoms with Crippen molar-refractivity contribution in [2.45, 2.75) is 51.4 Å². The number of amides is 1. The van der Waals surface area contributed by atoms with Gasteiger partial charge in [-0.15, -0.1) is 11.3 Å². The Labute approximate surface area is 118 Å². The molecule has 1 aliphatic heterocycles. The summed E-state index contributed by atoms with van der Waals surface area (Å²) in [6, 6.07) is 0. The number of thiophene rings is 1. The van der Waals surface area contributed by atoms with Gasteiger partial charge in [0.2, 0.25) is 0 Å². The van der Waals surface area contributed by atoms with Crippen LogP contribution in [0.15, 0.2) is 0 Å². The van der Waals surface area contributed by atoms with Gasteiger partial charge in [-0.05, 0) is 50.0 Å². The SMILES string of the molecule is CC1CCCc2sc(N)c(C(=O)N3CCCCC3)c21. The van der Waals surface area contributed by atoms with Crippen molar-refractivity contribution in [2.24, 2.45) is 0 Å². The summed E-state index contributed by atoms with van der Waals surface area (Å²) in [5.74, 6) is 0.671. The van der Waals surface area contributed by atoms with Crippen LogP contribution < -0.4 is 5.73 Å². The maximum absolute atomic E-state index is 12.8. The highest BCUT2D eigenvalue weighted by atomic mass is 32.1. The van der Waals surface area contributed by atoms with Crippen molar-refractivity contribution in [3.63, 3.8) is 0 Å². The molecule has 1 atom stereocenters. The Kier molecular flexibility index (Phi) is 3.52. The molecule has 3 nitrogen and oxygen atoms in total. The topological polar surface area (TPSA) is 46.3 Å². The third kappa shape index (κ3) is 2.27. The summed E-state index contributed by atoms with van der Waals surface area (Å²) in [6.07, 6.45) is 7.02. The van der Waals surface area contributed by atoms with Crippen molar-refractivity contribution >= 4 is 22.2 Å². The maximum atomic E-state index is 12.8. The number of aryl methyl sites for hydroxylation is 1. The van der Waals surface area contributed by atoms with Gasteiger partial charge < -0.3 is 10.6 Å². The Bertz CT molecular complexity index is 489. The van der Waals surface area contributed by atoms with Gasteiger partial charge in [0.1, 0.15) is 0 Å². The minimum atomic E-state index is 0.184. The van der Waals surface area contributed by atoms with Crippen LogP contribution in [0.1, 0.15) is 65.7 Å². The number of hydrogen-bond acceptors (Lipinski definition) is 3. The number of likely N-dealkylation sites (tertiary alicyclic amines) is 1. The zero-order valence-corrected chi connectivity index (χ0v) is 12.4. The van der Waals surface area contributed by atoms with Crippen LogP contribution in [0.4, 0.5) is 5.00 Å². The molecule has 3 rings (SSSR count). The minimum absolute atomic E-state index is 0.184. The first kappa shape index (κ1) is 13.0. The molecule has 1 aromatic rings. The average molecular weight is 278 g/mol. The van der Waals surface area contributed by atoms with Crippen LogP contribution in [-0.2, 0) is 6.42 Å². The lowest BCUT2D eigenvalue weighted by atomic mass is 9.86. The van der Waals surface area contributed by atoms with Gasteiger partial charge in [-0.2, -0.15) is 0 Å². The third-order valence-corrected chi connectivity index (χ3v) is 5.53. The number of nitrogen functional groups attached to an aromatic ring is 1. The molecule has 1 aromatic heterocycles. The number of hydrogen-bond donors (Lipinski definition) is 1. The van der Waals surface area contributed by atoms with E-state index in [2.05, 4.69) is 6.92 Å². The zero-order chi connectivity index (χ0) is 13.4. The Morgan fingerprint density at radius 3 is 2.74 bits per heavy atom. The number of fused-ring (bicyclic) bond motifs is 1. The molecular formula is C15H22N2OS. The number of anilines is 1. The number of rotatable bonds is 1. The molecule has 0 spiro atoms. The Hall–Kier alpha value is -1.03. The predicted molar refractivity (Wildman–Crippen MR) is 79.8 cm³/mol. The van der Waals surface area contributed by atoms with Gasteiger partial charge in [0.25, 0.3) is 5.91 Å². The number of carbonyl (C=O) groups is 1. The normalized spacial score (nSPS) is 23.2. The average Bonchev–Trinajstić information content (AvgIpc) is 2.76. The van der Waals surface area contributed by atoms with E-state index < -0.39 is 0 Å². The van der Waals surface area contributed by atoms with Crippen LogP contribution in [0.25, 0.3) is 0 Å². The highest BCUT2D eigenvalue weighted by Crippen LogP contribution is 2.42. The van der Waals surface area contributed by atoms with E-state index in [0.717, 1.165) is 42.9 Å². The van der Waals surface area contributed by atoms with Crippen LogP contribution in [0.3, 0.4) is 0 Å². The van der Waals surface area contributed by atoms with E-state index in [4.69, 9.17) is 5.73 Å². The monoisotopic (exact) mass is 278 g/mol. The summed E-state index contributed by atoms with van der Waals surface area (Å²) < 4.78 is 0. The Morgan fingerprint density at radius 1 is 1.26 bits per heavy atom. The maximum Gasteiger partial charge on any atom is 0.257 e. The summed E-state index contributed by atoms with van der Waals surface area (Å²) >= 11 is 1.64. The van der Waals surface area contributed by atoms with Gasteiger partial charge >= 0.3 is 0 Å². The van der Waals surface area contributed by atoms with Gasteiger partial charge in [0.05, 0.1) is 10.6 Å². The van der Waals surface area contributed by atoms with E-state index in [1.807, 2.05) is 4.90 Å². The van der Waals surface area contributed by atoms with Crippen molar-refractivity contribution in [1.82, 2.24) is 4.90 Å². The first-order valence-corrected chi connectivity index (χ1v) is 8.20. The number of piperidine rings is 1. The van der Waals surface area contributed by atoms with E-state index in [1.165, 1.54) is 29.7 Å². The van der Waals surface area contributed by atoms with Crippen LogP contribution in [0.2, 0.25) is 0 Å². The third-order valence-electron chi connectivity index (χ3n) is 4.44. The highest BCUT2D eigenvalue weighted by molar-refractivity contribution is 7.16. The highest BCUT2D eigenvalue weighted by Gasteiger charge is 2.30. The lowest BCUT2D eigenvalue weighted by Crippen LogP contribution is -2.36. The number of carbonyl (C=O) groups excluding carboxylic acids is 1. The van der Waals surface area contributed by atoms with Crippen molar-refractivity contribution < 1.29 is 4.79 Å². The molecular weight excluding hydrogens is 256 g/mol. The first-order chi connectivity index (χ1) is 9.18. The molecule has 0 bridgehead atoms. The van der Waals surface area contributed by atoms with Crippen LogP contribution in [0.5, 0.6) is 0 Å². The van der Waals surface area contributed by atoms with Crippen molar-refractivity contribution in [3.05, 3.63) is 16.0 Å². The molecule has 2 N–H and O–H groups in total. The summed E-state index contributed by atoms with van der Waals surface area (Å²) in [5, 5.41) is 0.745. The van der Waals surface area contributed by atoms with Crippen molar-refractivity contribution in [1.29, 1.82) is 0 Å². The van der Waals surface area contributed by atoms with Crippen LogP contribution >= 0.6 is 11.3 Å². The van der Waals surface area contributed by atoms with Gasteiger partial charge in [0, 0.05) is 18.0 Å². The summed E-state index contributed by atoms with van der Waals surface area (Å²) in [7, 11) is 0. The molecule has 1 amide bonds. The lowest BCUT2D eigenvalue weighted by molar-refractivity contribution is 0.0724. The summed E-state index contributed by atoms with van der Waals surface area (Å²) in [4.78, 5) is 16.1. The summed E-state index contributed by atoms with van der Waals surface area (Å²) in [5.41, 5.74) is 8.27. The lowest BCUT2D eigenvalue weighted by Gasteiger charge is -2.28. The molecule has 1 fully saturated rings. The fourth-order valence-electron chi connectivity index (χ4n) is 3.41. The fraction of sp³-hybridized carbons (Fsp3) is 0.667. The smallest absolute Gasteiger partial charge is 0.257 e. The Morgan fingerprint density at radius 2 is 2.00 bits per heavy atom. The predicted octanol–water partition coefficient (Wildman–Crippen LogP) is 3.40. The molecule has 0 saturated carbocycles. The van der Waals surface area contributed by atoms with Crippen molar-refractivity contribution in [2.75, 3.05) is 18.8 Å². The van der Waals surface area contributed by atoms with Crippen LogP contribution in [0, 0.1) is 0 Å². The minimum Gasteiger partial charge on any atom is -0.390 e. The molecule has 0 aromatic carbocycles. The molecule has 4 heteroatoms. The van der Waals surface area contributed by atoms with Gasteiger partial charge in [-0.3, -0.25) is 4.79 Å². The van der Waals surface area contributed by atoms with Gasteiger partial charge in [-0.1, -0.05) is 6.92 Å². The van der Waals surface area contributed by atoms with E-state index >= 15 is 0 Å². The molecule has 104 valence electrons. The summed E-state index contributed by atoms with van der Waals surface area (Å²) in [6.45, 7) is 4.03. The molecule has 1 aliphatic carbocycles. The van der Waals surface area contributed by atoms with E-state index in [9.17, 15) is 4.79 Å². The van der Waals surface area contributed by atoms with Gasteiger partial charge in [-0.25, -0.2) is 0 Å². The second-order valence-electron chi connectivity index (χ2n) is 5.82. The Balaban J connectivity index is 1.95. The fourth-order valence-corrected chi connectivity index (χ4v) is 4.63. The zero-order valence-electron chi connectivity index (χ0n) is 11.6. The van der Waals surface area contributed by atoms with Crippen molar-refractivity contribution in [3.8, 4) is 0 Å². The number of nitrogens with two attached hydrogens (primary N) is 1. The van der Waals surface area contributed by atoms with E-state index in [-0.39, 0.29) is 5.91 Å². The molecule has 1 saturated heterocycles. The molecule has 0 radical (unpaired) electrons. The largest absolute Gasteiger partial charge is 0.390 e. The second kappa shape index (κ2) is 5.16. The van der Waals surface area contributed by atoms with E-state index in [0.29, 0.717) is 5.92 Å². The quantitative estimate of drug-likeness (QED) is 0.856. The number of nitrogens with zero attached hydrogens (tertiary/aromatic N) is 1. The molecule has 1 unspecified atom stereocenters. The van der Waals surface area contributed by atoms with E-state index in [1.54, 1.807) is 11.3 Å². The molecule has 19 heavy (non-hydrogen) atoms. The molecule has 2 aliphatic rings.